The van der Waals surface area contributed by atoms with Gasteiger partial charge in [-0.3, -0.25) is 9.59 Å². The van der Waals surface area contributed by atoms with Gasteiger partial charge in [0.15, 0.2) is 0 Å². The largest absolute Gasteiger partial charge is 0.352 e. The number of hydrogen-bond acceptors (Lipinski definition) is 3. The molecule has 1 fully saturated rings. The van der Waals surface area contributed by atoms with Gasteiger partial charge in [-0.15, -0.1) is 11.8 Å². The summed E-state index contributed by atoms with van der Waals surface area (Å²) in [7, 11) is 0. The molecule has 172 valence electrons. The number of thioether (sulfide) groups is 1. The first kappa shape index (κ1) is 24.6. The minimum Gasteiger partial charge on any atom is -0.352 e. The van der Waals surface area contributed by atoms with Gasteiger partial charge in [-0.25, -0.2) is 4.39 Å². The van der Waals surface area contributed by atoms with Gasteiger partial charge in [0.1, 0.15) is 11.9 Å². The van der Waals surface area contributed by atoms with Crippen LogP contribution in [0.15, 0.2) is 42.5 Å². The first-order valence-corrected chi connectivity index (χ1v) is 12.5. The average Bonchev–Trinajstić information content (AvgIpc) is 3.27. The zero-order valence-electron chi connectivity index (χ0n) is 18.6. The molecular formula is C25H30ClFN2O2S. The molecule has 32 heavy (non-hydrogen) atoms. The van der Waals surface area contributed by atoms with Gasteiger partial charge < -0.3 is 10.2 Å². The van der Waals surface area contributed by atoms with Crippen LogP contribution in [0.4, 0.5) is 4.39 Å². The van der Waals surface area contributed by atoms with E-state index < -0.39 is 6.04 Å². The second-order valence-electron chi connectivity index (χ2n) is 8.31. The Balaban J connectivity index is 1.69. The van der Waals surface area contributed by atoms with Crippen molar-refractivity contribution < 1.29 is 14.0 Å². The third-order valence-electron chi connectivity index (χ3n) is 6.00. The SMILES string of the molecule is Cc1ccccc1CN(C(=O)CSCc1c(F)cccc1Cl)[C@@H](C)C(=O)NC1CCCC1. The maximum absolute atomic E-state index is 14.0. The van der Waals surface area contributed by atoms with Crippen LogP contribution in [0.2, 0.25) is 5.02 Å². The fourth-order valence-corrected chi connectivity index (χ4v) is 5.19. The maximum Gasteiger partial charge on any atom is 0.242 e. The van der Waals surface area contributed by atoms with Crippen LogP contribution in [0.3, 0.4) is 0 Å². The lowest BCUT2D eigenvalue weighted by Gasteiger charge is -2.30. The standard InChI is InChI=1S/C25H30ClFN2O2S/c1-17-8-3-4-9-19(17)14-29(18(2)25(31)28-20-10-5-6-11-20)24(30)16-32-15-21-22(26)12-7-13-23(21)27/h3-4,7-9,12-13,18,20H,5-6,10-11,14-16H2,1-2H3,(H,28,31)/t18-/m0/s1. The number of amides is 2. The van der Waals surface area contributed by atoms with Crippen molar-refractivity contribution in [1.29, 1.82) is 0 Å². The molecule has 7 heteroatoms. The first-order chi connectivity index (χ1) is 15.4. The molecule has 0 radical (unpaired) electrons. The molecule has 1 atom stereocenters. The molecule has 1 aliphatic carbocycles. The zero-order chi connectivity index (χ0) is 23.1. The molecule has 0 spiro atoms. The Labute approximate surface area is 198 Å². The van der Waals surface area contributed by atoms with Crippen molar-refractivity contribution in [3.05, 3.63) is 70.0 Å². The fourth-order valence-electron chi connectivity index (χ4n) is 3.94. The van der Waals surface area contributed by atoms with E-state index in [0.717, 1.165) is 36.8 Å². The molecule has 0 aliphatic heterocycles. The van der Waals surface area contributed by atoms with Crippen molar-refractivity contribution in [2.75, 3.05) is 5.75 Å². The number of benzene rings is 2. The monoisotopic (exact) mass is 476 g/mol. The van der Waals surface area contributed by atoms with Crippen LogP contribution in [0.25, 0.3) is 0 Å². The van der Waals surface area contributed by atoms with Gasteiger partial charge >= 0.3 is 0 Å². The van der Waals surface area contributed by atoms with E-state index in [0.29, 0.717) is 17.1 Å². The Morgan fingerprint density at radius 2 is 1.91 bits per heavy atom. The van der Waals surface area contributed by atoms with Gasteiger partial charge in [-0.05, 0) is 49.9 Å². The maximum atomic E-state index is 14.0. The number of hydrogen-bond donors (Lipinski definition) is 1. The van der Waals surface area contributed by atoms with Gasteiger partial charge in [-0.2, -0.15) is 0 Å². The normalized spacial score (nSPS) is 14.9. The molecule has 1 aliphatic rings. The lowest BCUT2D eigenvalue weighted by atomic mass is 10.1. The third-order valence-corrected chi connectivity index (χ3v) is 7.30. The summed E-state index contributed by atoms with van der Waals surface area (Å²) in [5, 5.41) is 3.46. The molecule has 4 nitrogen and oxygen atoms in total. The highest BCUT2D eigenvalue weighted by atomic mass is 35.5. The van der Waals surface area contributed by atoms with Crippen LogP contribution >= 0.6 is 23.4 Å². The Morgan fingerprint density at radius 1 is 1.19 bits per heavy atom. The predicted octanol–water partition coefficient (Wildman–Crippen LogP) is 5.50. The Hall–Kier alpha value is -2.05. The third kappa shape index (κ3) is 6.48. The number of nitrogens with one attached hydrogen (secondary N) is 1. The minimum atomic E-state index is -0.597. The first-order valence-electron chi connectivity index (χ1n) is 11.0. The van der Waals surface area contributed by atoms with E-state index in [1.165, 1.54) is 17.8 Å². The molecule has 1 N–H and O–H groups in total. The lowest BCUT2D eigenvalue weighted by Crippen LogP contribution is -2.50. The highest BCUT2D eigenvalue weighted by Crippen LogP contribution is 2.25. The van der Waals surface area contributed by atoms with Gasteiger partial charge in [0.05, 0.1) is 5.75 Å². The number of halogens is 2. The van der Waals surface area contributed by atoms with E-state index in [2.05, 4.69) is 5.32 Å². The highest BCUT2D eigenvalue weighted by molar-refractivity contribution is 7.99. The number of nitrogens with zero attached hydrogens (tertiary/aromatic N) is 1. The summed E-state index contributed by atoms with van der Waals surface area (Å²) < 4.78 is 14.0. The molecule has 1 saturated carbocycles. The predicted molar refractivity (Wildman–Crippen MR) is 129 cm³/mol. The van der Waals surface area contributed by atoms with Crippen molar-refractivity contribution >= 4 is 35.2 Å². The molecule has 2 amide bonds. The van der Waals surface area contributed by atoms with Crippen molar-refractivity contribution in [1.82, 2.24) is 10.2 Å². The van der Waals surface area contributed by atoms with E-state index in [4.69, 9.17) is 11.6 Å². The Bertz CT molecular complexity index is 929. The molecule has 2 aromatic rings. The van der Waals surface area contributed by atoms with Crippen LogP contribution in [0.5, 0.6) is 0 Å². The summed E-state index contributed by atoms with van der Waals surface area (Å²) in [5.74, 6) is -0.227. The van der Waals surface area contributed by atoms with Crippen LogP contribution in [-0.4, -0.2) is 34.6 Å². The summed E-state index contributed by atoms with van der Waals surface area (Å²) in [6.07, 6.45) is 4.23. The number of carbonyl (C=O) groups is 2. The molecule has 0 heterocycles. The molecule has 0 unspecified atom stereocenters. The Morgan fingerprint density at radius 3 is 2.59 bits per heavy atom. The highest BCUT2D eigenvalue weighted by Gasteiger charge is 2.28. The van der Waals surface area contributed by atoms with E-state index in [9.17, 15) is 14.0 Å². The number of rotatable bonds is 9. The van der Waals surface area contributed by atoms with E-state index in [1.54, 1.807) is 24.0 Å². The minimum absolute atomic E-state index is 0.124. The van der Waals surface area contributed by atoms with Crippen LogP contribution in [0, 0.1) is 12.7 Å². The fraction of sp³-hybridized carbons (Fsp3) is 0.440. The van der Waals surface area contributed by atoms with E-state index in [1.807, 2.05) is 31.2 Å². The molecule has 0 bridgehead atoms. The van der Waals surface area contributed by atoms with Crippen molar-refractivity contribution in [3.63, 3.8) is 0 Å². The molecule has 2 aromatic carbocycles. The van der Waals surface area contributed by atoms with Crippen LogP contribution in [-0.2, 0) is 21.9 Å². The molecular weight excluding hydrogens is 447 g/mol. The van der Waals surface area contributed by atoms with Gasteiger partial charge in [0.25, 0.3) is 0 Å². The van der Waals surface area contributed by atoms with E-state index >= 15 is 0 Å². The molecule has 0 saturated heterocycles. The summed E-state index contributed by atoms with van der Waals surface area (Å²) in [4.78, 5) is 27.8. The smallest absolute Gasteiger partial charge is 0.242 e. The van der Waals surface area contributed by atoms with Crippen molar-refractivity contribution in [3.8, 4) is 0 Å². The second-order valence-corrected chi connectivity index (χ2v) is 9.70. The molecule has 0 aromatic heterocycles. The topological polar surface area (TPSA) is 49.4 Å². The van der Waals surface area contributed by atoms with Crippen molar-refractivity contribution in [2.45, 2.75) is 63.9 Å². The van der Waals surface area contributed by atoms with Gasteiger partial charge in [0, 0.05) is 28.9 Å². The number of aryl methyl sites for hydroxylation is 1. The van der Waals surface area contributed by atoms with Gasteiger partial charge in [0.2, 0.25) is 11.8 Å². The summed E-state index contributed by atoms with van der Waals surface area (Å²) >= 11 is 7.40. The Kier molecular flexibility index (Phi) is 9.00. The zero-order valence-corrected chi connectivity index (χ0v) is 20.1. The number of carbonyl (C=O) groups excluding carboxylic acids is 2. The van der Waals surface area contributed by atoms with Crippen molar-refractivity contribution in [2.24, 2.45) is 0 Å². The summed E-state index contributed by atoms with van der Waals surface area (Å²) in [5.41, 5.74) is 2.47. The van der Waals surface area contributed by atoms with Crippen LogP contribution < -0.4 is 5.32 Å². The summed E-state index contributed by atoms with van der Waals surface area (Å²) in [6.45, 7) is 4.13. The quantitative estimate of drug-likeness (QED) is 0.520. The van der Waals surface area contributed by atoms with Crippen LogP contribution in [0.1, 0.15) is 49.3 Å². The lowest BCUT2D eigenvalue weighted by molar-refractivity contribution is -0.139. The van der Waals surface area contributed by atoms with E-state index in [-0.39, 0.29) is 35.2 Å². The average molecular weight is 477 g/mol. The van der Waals surface area contributed by atoms with Gasteiger partial charge in [-0.1, -0.05) is 54.8 Å². The molecule has 3 rings (SSSR count). The second kappa shape index (κ2) is 11.7. The summed E-state index contributed by atoms with van der Waals surface area (Å²) in [6, 6.07) is 12.0.